The zero-order chi connectivity index (χ0) is 31.1. The van der Waals surface area contributed by atoms with Crippen LogP contribution in [0.2, 0.25) is 0 Å². The molecular formula is C30H33F7N4O2. The van der Waals surface area contributed by atoms with Gasteiger partial charge in [0.05, 0.1) is 23.7 Å². The van der Waals surface area contributed by atoms with Gasteiger partial charge in [-0.05, 0) is 86.1 Å². The molecule has 3 fully saturated rings. The number of likely N-dealkylation sites (tertiary alicyclic amines) is 1. The standard InChI is InChI=1S/C30H33F7N4O2/c1-18-12-22(31)2-5-25(18)26-16-24(39-10-11-40(23-3-4-23)27(42)17-39)7-9-41(26)28(43)38-8-6-19-13-20(29(32,33)34)15-21(14-19)30(35,36)37/h2,5,12-15,23-24,26H,3-4,6-11,16-17H2,1H3,(H,38,43)/t24-,26+/m0/s1. The molecule has 2 aromatic rings. The van der Waals surface area contributed by atoms with Crippen molar-refractivity contribution in [1.29, 1.82) is 0 Å². The maximum Gasteiger partial charge on any atom is 0.416 e. The Morgan fingerprint density at radius 2 is 1.58 bits per heavy atom. The maximum absolute atomic E-state index is 13.9. The fourth-order valence-corrected chi connectivity index (χ4v) is 6.20. The van der Waals surface area contributed by atoms with Gasteiger partial charge in [0, 0.05) is 38.3 Å². The number of halogens is 7. The van der Waals surface area contributed by atoms with Crippen molar-refractivity contribution in [2.75, 3.05) is 32.7 Å². The lowest BCUT2D eigenvalue weighted by Gasteiger charge is -2.46. The molecule has 1 N–H and O–H groups in total. The molecule has 0 bridgehead atoms. The van der Waals surface area contributed by atoms with E-state index >= 15 is 0 Å². The predicted molar refractivity (Wildman–Crippen MR) is 143 cm³/mol. The SMILES string of the molecule is Cc1cc(F)ccc1[C@H]1C[C@@H](N2CCN(C3CC3)C(=O)C2)CCN1C(=O)NCCc1cc(C(F)(F)F)cc(C(F)(F)F)c1. The summed E-state index contributed by atoms with van der Waals surface area (Å²) in [4.78, 5) is 31.8. The minimum absolute atomic E-state index is 0.00490. The molecule has 5 rings (SSSR count). The number of nitrogens with zero attached hydrogens (tertiary/aromatic N) is 3. The van der Waals surface area contributed by atoms with Gasteiger partial charge in [-0.1, -0.05) is 6.07 Å². The van der Waals surface area contributed by atoms with E-state index in [1.54, 1.807) is 17.9 Å². The Morgan fingerprint density at radius 1 is 0.907 bits per heavy atom. The first-order chi connectivity index (χ1) is 20.2. The number of carbonyl (C=O) groups excluding carboxylic acids is 2. The molecule has 1 saturated carbocycles. The summed E-state index contributed by atoms with van der Waals surface area (Å²) < 4.78 is 93.4. The molecular weight excluding hydrogens is 581 g/mol. The minimum Gasteiger partial charge on any atom is -0.338 e. The van der Waals surface area contributed by atoms with Crippen LogP contribution in [0, 0.1) is 12.7 Å². The van der Waals surface area contributed by atoms with E-state index in [0.717, 1.165) is 18.4 Å². The van der Waals surface area contributed by atoms with Crippen molar-refractivity contribution in [2.24, 2.45) is 0 Å². The van der Waals surface area contributed by atoms with Crippen LogP contribution in [0.5, 0.6) is 0 Å². The number of aryl methyl sites for hydroxylation is 1. The van der Waals surface area contributed by atoms with Crippen LogP contribution in [0.25, 0.3) is 0 Å². The van der Waals surface area contributed by atoms with E-state index in [9.17, 15) is 40.3 Å². The van der Waals surface area contributed by atoms with Crippen molar-refractivity contribution >= 4 is 11.9 Å². The Hall–Kier alpha value is -3.35. The van der Waals surface area contributed by atoms with E-state index < -0.39 is 41.4 Å². The fraction of sp³-hybridized carbons (Fsp3) is 0.533. The van der Waals surface area contributed by atoms with Crippen molar-refractivity contribution in [3.05, 3.63) is 70.0 Å². The number of urea groups is 1. The Kier molecular flexibility index (Phi) is 8.65. The number of nitrogens with one attached hydrogen (secondary N) is 1. The number of alkyl halides is 6. The molecule has 2 heterocycles. The average Bonchev–Trinajstić information content (AvgIpc) is 3.77. The van der Waals surface area contributed by atoms with Gasteiger partial charge in [-0.25, -0.2) is 9.18 Å². The quantitative estimate of drug-likeness (QED) is 0.411. The molecule has 234 valence electrons. The fourth-order valence-electron chi connectivity index (χ4n) is 6.20. The van der Waals surface area contributed by atoms with Crippen LogP contribution in [0.15, 0.2) is 36.4 Å². The summed E-state index contributed by atoms with van der Waals surface area (Å²) in [6.07, 6.45) is -7.05. The second-order valence-corrected chi connectivity index (χ2v) is 11.6. The van der Waals surface area contributed by atoms with Crippen molar-refractivity contribution in [2.45, 2.75) is 69.5 Å². The van der Waals surface area contributed by atoms with Crippen LogP contribution in [0.4, 0.5) is 35.5 Å². The van der Waals surface area contributed by atoms with Gasteiger partial charge in [0.1, 0.15) is 5.82 Å². The van der Waals surface area contributed by atoms with Crippen LogP contribution in [-0.2, 0) is 23.6 Å². The summed E-state index contributed by atoms with van der Waals surface area (Å²) in [6, 6.07) is 5.03. The van der Waals surface area contributed by atoms with Gasteiger partial charge in [-0.2, -0.15) is 26.3 Å². The third-order valence-corrected chi connectivity index (χ3v) is 8.55. The van der Waals surface area contributed by atoms with Crippen LogP contribution < -0.4 is 5.32 Å². The summed E-state index contributed by atoms with van der Waals surface area (Å²) in [6.45, 7) is 3.50. The van der Waals surface area contributed by atoms with Gasteiger partial charge in [0.2, 0.25) is 5.91 Å². The highest BCUT2D eigenvalue weighted by molar-refractivity contribution is 5.79. The highest BCUT2D eigenvalue weighted by Crippen LogP contribution is 2.38. The first-order valence-corrected chi connectivity index (χ1v) is 14.3. The van der Waals surface area contributed by atoms with Crippen molar-refractivity contribution in [1.82, 2.24) is 20.0 Å². The zero-order valence-electron chi connectivity index (χ0n) is 23.6. The third-order valence-electron chi connectivity index (χ3n) is 8.55. The summed E-state index contributed by atoms with van der Waals surface area (Å²) in [5.74, 6) is -0.336. The number of amides is 3. The van der Waals surface area contributed by atoms with E-state index in [-0.39, 0.29) is 36.5 Å². The molecule has 0 radical (unpaired) electrons. The summed E-state index contributed by atoms with van der Waals surface area (Å²) in [5, 5.41) is 2.65. The van der Waals surface area contributed by atoms with Crippen LogP contribution in [0.1, 0.15) is 59.5 Å². The second-order valence-electron chi connectivity index (χ2n) is 11.6. The normalized spacial score (nSPS) is 22.2. The molecule has 1 aliphatic carbocycles. The number of piperidine rings is 1. The number of benzene rings is 2. The highest BCUT2D eigenvalue weighted by atomic mass is 19.4. The molecule has 0 unspecified atom stereocenters. The zero-order valence-corrected chi connectivity index (χ0v) is 23.6. The largest absolute Gasteiger partial charge is 0.416 e. The topological polar surface area (TPSA) is 55.9 Å². The molecule has 0 aromatic heterocycles. The third kappa shape index (κ3) is 7.25. The van der Waals surface area contributed by atoms with Gasteiger partial charge in [0.25, 0.3) is 0 Å². The smallest absolute Gasteiger partial charge is 0.338 e. The lowest BCUT2D eigenvalue weighted by atomic mass is 9.88. The number of hydrogen-bond acceptors (Lipinski definition) is 3. The first-order valence-electron chi connectivity index (χ1n) is 14.3. The first kappa shape index (κ1) is 31.1. The van der Waals surface area contributed by atoms with Gasteiger partial charge in [-0.15, -0.1) is 0 Å². The molecule has 0 spiro atoms. The van der Waals surface area contributed by atoms with E-state index in [1.807, 2.05) is 4.90 Å². The Morgan fingerprint density at radius 3 is 2.16 bits per heavy atom. The molecule has 6 nitrogen and oxygen atoms in total. The monoisotopic (exact) mass is 614 g/mol. The van der Waals surface area contributed by atoms with Crippen LogP contribution in [-0.4, -0.2) is 71.4 Å². The maximum atomic E-state index is 13.9. The molecule has 2 aliphatic heterocycles. The highest BCUT2D eigenvalue weighted by Gasteiger charge is 2.41. The van der Waals surface area contributed by atoms with Crippen LogP contribution in [0.3, 0.4) is 0 Å². The van der Waals surface area contributed by atoms with Crippen molar-refractivity contribution in [3.63, 3.8) is 0 Å². The molecule has 2 atom stereocenters. The van der Waals surface area contributed by atoms with E-state index in [4.69, 9.17) is 0 Å². The molecule has 43 heavy (non-hydrogen) atoms. The molecule has 3 aliphatic rings. The van der Waals surface area contributed by atoms with Crippen molar-refractivity contribution in [3.8, 4) is 0 Å². The lowest BCUT2D eigenvalue weighted by molar-refractivity contribution is -0.143. The van der Waals surface area contributed by atoms with Crippen LogP contribution >= 0.6 is 0 Å². The Bertz CT molecular complexity index is 1330. The van der Waals surface area contributed by atoms with Gasteiger partial charge < -0.3 is 15.1 Å². The number of carbonyl (C=O) groups is 2. The summed E-state index contributed by atoms with van der Waals surface area (Å²) in [7, 11) is 0. The average molecular weight is 615 g/mol. The molecule has 2 aromatic carbocycles. The second kappa shape index (κ2) is 12.0. The summed E-state index contributed by atoms with van der Waals surface area (Å²) in [5.41, 5.74) is -1.65. The number of piperazine rings is 1. The van der Waals surface area contributed by atoms with E-state index in [0.29, 0.717) is 62.8 Å². The van der Waals surface area contributed by atoms with Gasteiger partial charge >= 0.3 is 18.4 Å². The Labute approximate surface area is 244 Å². The van der Waals surface area contributed by atoms with Crippen molar-refractivity contribution < 1.29 is 40.3 Å². The molecule has 13 heteroatoms. The number of hydrogen-bond donors (Lipinski definition) is 1. The lowest BCUT2D eigenvalue weighted by Crippen LogP contribution is -2.57. The minimum atomic E-state index is -4.96. The predicted octanol–water partition coefficient (Wildman–Crippen LogP) is 5.94. The summed E-state index contributed by atoms with van der Waals surface area (Å²) >= 11 is 0. The van der Waals surface area contributed by atoms with E-state index in [2.05, 4.69) is 10.2 Å². The van der Waals surface area contributed by atoms with Gasteiger partial charge in [-0.3, -0.25) is 9.69 Å². The molecule has 2 saturated heterocycles. The van der Waals surface area contributed by atoms with E-state index in [1.165, 1.54) is 12.1 Å². The number of rotatable bonds is 6. The van der Waals surface area contributed by atoms with Gasteiger partial charge in [0.15, 0.2) is 0 Å². The molecule has 3 amide bonds. The Balaban J connectivity index is 1.29.